The second-order valence-corrected chi connectivity index (χ2v) is 5.22. The highest BCUT2D eigenvalue weighted by Crippen LogP contribution is 2.42. The molecule has 2 aliphatic rings. The van der Waals surface area contributed by atoms with E-state index in [0.29, 0.717) is 5.60 Å². The molecule has 1 spiro atoms. The minimum Gasteiger partial charge on any atom is -0.375 e. The summed E-state index contributed by atoms with van der Waals surface area (Å²) in [6.45, 7) is 1.02. The van der Waals surface area contributed by atoms with E-state index in [1.165, 1.54) is 32.1 Å². The lowest BCUT2D eigenvalue weighted by Gasteiger charge is -2.45. The average molecular weight is 252 g/mol. The zero-order valence-electron chi connectivity index (χ0n) is 6.11. The van der Waals surface area contributed by atoms with Crippen molar-refractivity contribution >= 4 is 22.6 Å². The highest BCUT2D eigenvalue weighted by Gasteiger charge is 2.40. The third kappa shape index (κ3) is 1.20. The molecule has 0 unspecified atom stereocenters. The van der Waals surface area contributed by atoms with Crippen LogP contribution < -0.4 is 0 Å². The molecule has 0 aromatic rings. The van der Waals surface area contributed by atoms with Crippen LogP contribution >= 0.6 is 22.6 Å². The molecule has 58 valence electrons. The van der Waals surface area contributed by atoms with E-state index in [-0.39, 0.29) is 0 Å². The largest absolute Gasteiger partial charge is 0.375 e. The maximum absolute atomic E-state index is 5.60. The van der Waals surface area contributed by atoms with Crippen molar-refractivity contribution in [1.29, 1.82) is 0 Å². The van der Waals surface area contributed by atoms with Gasteiger partial charge in [-0.2, -0.15) is 0 Å². The summed E-state index contributed by atoms with van der Waals surface area (Å²) in [4.78, 5) is 0. The van der Waals surface area contributed by atoms with Crippen LogP contribution in [0.15, 0.2) is 0 Å². The molecule has 2 heteroatoms. The van der Waals surface area contributed by atoms with Gasteiger partial charge in [0, 0.05) is 3.92 Å². The SMILES string of the molecule is IC1CCC2(CCO2)CC1. The van der Waals surface area contributed by atoms with Crippen LogP contribution in [0.2, 0.25) is 0 Å². The van der Waals surface area contributed by atoms with Crippen molar-refractivity contribution < 1.29 is 4.74 Å². The summed E-state index contributed by atoms with van der Waals surface area (Å²) < 4.78 is 6.53. The number of hydrogen-bond donors (Lipinski definition) is 0. The molecule has 10 heavy (non-hydrogen) atoms. The van der Waals surface area contributed by atoms with Crippen LogP contribution in [0.1, 0.15) is 32.1 Å². The Hall–Kier alpha value is 0.690. The first-order chi connectivity index (χ1) is 4.81. The molecule has 1 saturated heterocycles. The molecule has 0 N–H and O–H groups in total. The number of hydrogen-bond acceptors (Lipinski definition) is 1. The zero-order valence-corrected chi connectivity index (χ0v) is 8.26. The fraction of sp³-hybridized carbons (Fsp3) is 1.00. The minimum absolute atomic E-state index is 0.377. The van der Waals surface area contributed by atoms with E-state index in [1.54, 1.807) is 0 Å². The predicted octanol–water partition coefficient (Wildman–Crippen LogP) is 2.52. The molecular weight excluding hydrogens is 239 g/mol. The second-order valence-electron chi connectivity index (χ2n) is 3.46. The van der Waals surface area contributed by atoms with Gasteiger partial charge in [-0.05, 0) is 32.1 Å². The average Bonchev–Trinajstić information content (AvgIpc) is 1.86. The van der Waals surface area contributed by atoms with E-state index < -0.39 is 0 Å². The Morgan fingerprint density at radius 1 is 1.20 bits per heavy atom. The van der Waals surface area contributed by atoms with Gasteiger partial charge in [0.1, 0.15) is 0 Å². The van der Waals surface area contributed by atoms with Gasteiger partial charge in [0.05, 0.1) is 12.2 Å². The smallest absolute Gasteiger partial charge is 0.0705 e. The van der Waals surface area contributed by atoms with Crippen LogP contribution in [0, 0.1) is 0 Å². The quantitative estimate of drug-likeness (QED) is 0.475. The normalized spacial score (nSPS) is 47.1. The number of rotatable bonds is 0. The summed E-state index contributed by atoms with van der Waals surface area (Å²) in [5.74, 6) is 0. The molecule has 0 amide bonds. The lowest BCUT2D eigenvalue weighted by molar-refractivity contribution is -0.163. The topological polar surface area (TPSA) is 9.23 Å². The van der Waals surface area contributed by atoms with E-state index in [9.17, 15) is 0 Å². The molecule has 1 aliphatic heterocycles. The van der Waals surface area contributed by atoms with Crippen molar-refractivity contribution in [2.75, 3.05) is 6.61 Å². The van der Waals surface area contributed by atoms with E-state index in [1.807, 2.05) is 0 Å². The Morgan fingerprint density at radius 2 is 1.80 bits per heavy atom. The first-order valence-electron chi connectivity index (χ1n) is 4.09. The lowest BCUT2D eigenvalue weighted by Crippen LogP contribution is -2.46. The highest BCUT2D eigenvalue weighted by atomic mass is 127. The van der Waals surface area contributed by atoms with Crippen LogP contribution in [0.3, 0.4) is 0 Å². The van der Waals surface area contributed by atoms with Crippen molar-refractivity contribution in [3.63, 3.8) is 0 Å². The standard InChI is InChI=1S/C8H13IO/c9-7-1-3-8(4-2-7)5-6-10-8/h7H,1-6H2. The maximum Gasteiger partial charge on any atom is 0.0705 e. The monoisotopic (exact) mass is 252 g/mol. The molecule has 0 bridgehead atoms. The van der Waals surface area contributed by atoms with Gasteiger partial charge in [-0.15, -0.1) is 0 Å². The molecule has 1 nitrogen and oxygen atoms in total. The summed E-state index contributed by atoms with van der Waals surface area (Å²) in [7, 11) is 0. The van der Waals surface area contributed by atoms with Crippen molar-refractivity contribution in [2.45, 2.75) is 41.6 Å². The number of alkyl halides is 1. The van der Waals surface area contributed by atoms with Crippen molar-refractivity contribution in [1.82, 2.24) is 0 Å². The van der Waals surface area contributed by atoms with Crippen LogP contribution in [-0.4, -0.2) is 16.1 Å². The summed E-state index contributed by atoms with van der Waals surface area (Å²) >= 11 is 2.56. The Bertz CT molecular complexity index is 121. The van der Waals surface area contributed by atoms with Gasteiger partial charge in [-0.25, -0.2) is 0 Å². The molecule has 0 aromatic carbocycles. The van der Waals surface area contributed by atoms with Gasteiger partial charge in [0.2, 0.25) is 0 Å². The summed E-state index contributed by atoms with van der Waals surface area (Å²) in [6.07, 6.45) is 6.72. The molecule has 0 radical (unpaired) electrons. The van der Waals surface area contributed by atoms with Gasteiger partial charge < -0.3 is 4.74 Å². The Morgan fingerprint density at radius 3 is 2.20 bits per heavy atom. The fourth-order valence-electron chi connectivity index (χ4n) is 1.89. The van der Waals surface area contributed by atoms with Gasteiger partial charge in [0.25, 0.3) is 0 Å². The van der Waals surface area contributed by atoms with Gasteiger partial charge in [-0.1, -0.05) is 22.6 Å². The van der Waals surface area contributed by atoms with E-state index in [2.05, 4.69) is 22.6 Å². The van der Waals surface area contributed by atoms with Crippen LogP contribution in [-0.2, 0) is 4.74 Å². The molecular formula is C8H13IO. The molecule has 1 aliphatic carbocycles. The number of ether oxygens (including phenoxy) is 1. The molecule has 0 atom stereocenters. The first kappa shape index (κ1) is 7.35. The van der Waals surface area contributed by atoms with E-state index in [0.717, 1.165) is 10.5 Å². The van der Waals surface area contributed by atoms with Crippen LogP contribution in [0.4, 0.5) is 0 Å². The molecule has 0 aromatic heterocycles. The molecule has 2 rings (SSSR count). The van der Waals surface area contributed by atoms with Gasteiger partial charge in [0.15, 0.2) is 0 Å². The predicted molar refractivity (Wildman–Crippen MR) is 49.6 cm³/mol. The second kappa shape index (κ2) is 2.63. The van der Waals surface area contributed by atoms with Gasteiger partial charge in [-0.3, -0.25) is 0 Å². The van der Waals surface area contributed by atoms with E-state index >= 15 is 0 Å². The summed E-state index contributed by atoms with van der Waals surface area (Å²) in [5, 5.41) is 0. The Kier molecular flexibility index (Phi) is 1.93. The molecule has 1 saturated carbocycles. The fourth-order valence-corrected chi connectivity index (χ4v) is 2.52. The molecule has 1 heterocycles. The summed E-state index contributed by atoms with van der Waals surface area (Å²) in [6, 6.07) is 0. The Balaban J connectivity index is 1.90. The van der Waals surface area contributed by atoms with Crippen LogP contribution in [0.5, 0.6) is 0 Å². The zero-order chi connectivity index (χ0) is 7.03. The summed E-state index contributed by atoms with van der Waals surface area (Å²) in [5.41, 5.74) is 0.377. The molecule has 2 fully saturated rings. The van der Waals surface area contributed by atoms with Crippen molar-refractivity contribution in [3.05, 3.63) is 0 Å². The third-order valence-electron chi connectivity index (χ3n) is 2.79. The highest BCUT2D eigenvalue weighted by molar-refractivity contribution is 14.1. The lowest BCUT2D eigenvalue weighted by atomic mass is 9.79. The minimum atomic E-state index is 0.377. The number of halogens is 1. The van der Waals surface area contributed by atoms with Crippen molar-refractivity contribution in [3.8, 4) is 0 Å². The Labute approximate surface area is 75.7 Å². The van der Waals surface area contributed by atoms with E-state index in [4.69, 9.17) is 4.74 Å². The maximum atomic E-state index is 5.60. The third-order valence-corrected chi connectivity index (χ3v) is 4.04. The van der Waals surface area contributed by atoms with Crippen LogP contribution in [0.25, 0.3) is 0 Å². The first-order valence-corrected chi connectivity index (χ1v) is 5.33. The van der Waals surface area contributed by atoms with Crippen molar-refractivity contribution in [2.24, 2.45) is 0 Å². The van der Waals surface area contributed by atoms with Gasteiger partial charge >= 0.3 is 0 Å².